The maximum absolute atomic E-state index is 12.6. The minimum atomic E-state index is -0.948. The van der Waals surface area contributed by atoms with E-state index in [1.54, 1.807) is 61.5 Å². The Morgan fingerprint density at radius 2 is 1.38 bits per heavy atom. The van der Waals surface area contributed by atoms with E-state index in [1.807, 2.05) is 42.5 Å². The second kappa shape index (κ2) is 11.0. The van der Waals surface area contributed by atoms with Crippen molar-refractivity contribution in [2.24, 2.45) is 5.10 Å². The Morgan fingerprint density at radius 1 is 0.750 bits per heavy atom. The van der Waals surface area contributed by atoms with Gasteiger partial charge in [0.25, 0.3) is 5.91 Å². The van der Waals surface area contributed by atoms with Crippen molar-refractivity contribution in [1.29, 1.82) is 0 Å². The summed E-state index contributed by atoms with van der Waals surface area (Å²) in [5.74, 6) is -2.29. The van der Waals surface area contributed by atoms with Crippen LogP contribution in [0.4, 0.5) is 11.4 Å². The molecule has 3 aromatic rings. The van der Waals surface area contributed by atoms with Crippen molar-refractivity contribution in [1.82, 2.24) is 5.43 Å². The number of rotatable bonds is 6. The minimum Gasteiger partial charge on any atom is -0.322 e. The van der Waals surface area contributed by atoms with Crippen LogP contribution < -0.4 is 16.1 Å². The molecular weight excluding hydrogens is 404 g/mol. The standard InChI is InChI=1S/C25H22N4O3/c1-18(16-17-19-10-4-2-5-11-19)28-29-25(32)24(31)27-22-15-9-8-14-21(22)23(30)26-20-12-6-3-7-13-20/h2-17H,1H3,(H,26,30)(H,27,31)(H,29,32). The van der Waals surface area contributed by atoms with Crippen LogP contribution in [0.15, 0.2) is 96.1 Å². The predicted octanol–water partition coefficient (Wildman–Crippen LogP) is 4.08. The molecule has 0 atom stereocenters. The highest BCUT2D eigenvalue weighted by Gasteiger charge is 2.17. The molecule has 0 unspecified atom stereocenters. The average Bonchev–Trinajstić information content (AvgIpc) is 2.82. The molecule has 0 radical (unpaired) electrons. The van der Waals surface area contributed by atoms with Gasteiger partial charge in [0.05, 0.1) is 17.0 Å². The Labute approximate surface area is 185 Å². The summed E-state index contributed by atoms with van der Waals surface area (Å²) in [7, 11) is 0. The number of nitrogens with one attached hydrogen (secondary N) is 3. The summed E-state index contributed by atoms with van der Waals surface area (Å²) in [5, 5.41) is 9.11. The van der Waals surface area contributed by atoms with Gasteiger partial charge in [-0.05, 0) is 42.8 Å². The molecular formula is C25H22N4O3. The monoisotopic (exact) mass is 426 g/mol. The summed E-state index contributed by atoms with van der Waals surface area (Å²) in [5.41, 5.74) is 4.76. The lowest BCUT2D eigenvalue weighted by Crippen LogP contribution is -2.33. The summed E-state index contributed by atoms with van der Waals surface area (Å²) >= 11 is 0. The summed E-state index contributed by atoms with van der Waals surface area (Å²) in [6.45, 7) is 1.70. The second-order valence-electron chi connectivity index (χ2n) is 6.76. The van der Waals surface area contributed by atoms with E-state index in [0.29, 0.717) is 11.4 Å². The molecule has 0 heterocycles. The van der Waals surface area contributed by atoms with Gasteiger partial charge in [0.15, 0.2) is 0 Å². The number of carbonyl (C=O) groups excluding carboxylic acids is 3. The Morgan fingerprint density at radius 3 is 2.09 bits per heavy atom. The fourth-order valence-corrected chi connectivity index (χ4v) is 2.70. The SMILES string of the molecule is CC(C=Cc1ccccc1)=NNC(=O)C(=O)Nc1ccccc1C(=O)Nc1ccccc1. The summed E-state index contributed by atoms with van der Waals surface area (Å²) < 4.78 is 0. The Kier molecular flexibility index (Phi) is 7.64. The Bertz CT molecular complexity index is 1160. The van der Waals surface area contributed by atoms with Crippen LogP contribution in [0.3, 0.4) is 0 Å². The maximum Gasteiger partial charge on any atom is 0.329 e. The molecule has 0 fully saturated rings. The van der Waals surface area contributed by atoms with Crippen LogP contribution in [0.1, 0.15) is 22.8 Å². The largest absolute Gasteiger partial charge is 0.329 e. The third kappa shape index (κ3) is 6.50. The molecule has 7 nitrogen and oxygen atoms in total. The van der Waals surface area contributed by atoms with Gasteiger partial charge in [0, 0.05) is 5.69 Å². The number of hydrogen-bond donors (Lipinski definition) is 3. The number of amides is 3. The van der Waals surface area contributed by atoms with Gasteiger partial charge < -0.3 is 10.6 Å². The van der Waals surface area contributed by atoms with Crippen molar-refractivity contribution in [3.05, 3.63) is 102 Å². The third-order valence-electron chi connectivity index (χ3n) is 4.31. The van der Waals surface area contributed by atoms with Crippen LogP contribution in [0.25, 0.3) is 6.08 Å². The summed E-state index contributed by atoms with van der Waals surface area (Å²) in [6.07, 6.45) is 3.56. The van der Waals surface area contributed by atoms with Crippen LogP contribution >= 0.6 is 0 Å². The number of hydrogen-bond acceptors (Lipinski definition) is 4. The first kappa shape index (κ1) is 22.2. The number of para-hydroxylation sites is 2. The highest BCUT2D eigenvalue weighted by atomic mass is 16.2. The quantitative estimate of drug-likeness (QED) is 0.315. The fourth-order valence-electron chi connectivity index (χ4n) is 2.70. The lowest BCUT2D eigenvalue weighted by molar-refractivity contribution is -0.136. The molecule has 0 saturated heterocycles. The number of benzene rings is 3. The first-order chi connectivity index (χ1) is 15.5. The number of nitrogens with zero attached hydrogens (tertiary/aromatic N) is 1. The van der Waals surface area contributed by atoms with Crippen molar-refractivity contribution < 1.29 is 14.4 Å². The summed E-state index contributed by atoms with van der Waals surface area (Å²) in [6, 6.07) is 25.0. The van der Waals surface area contributed by atoms with Crippen molar-refractivity contribution in [2.45, 2.75) is 6.92 Å². The van der Waals surface area contributed by atoms with E-state index in [4.69, 9.17) is 0 Å². The number of carbonyl (C=O) groups is 3. The molecule has 0 aliphatic carbocycles. The Hall–Kier alpha value is -4.52. The molecule has 160 valence electrons. The lowest BCUT2D eigenvalue weighted by Gasteiger charge is -2.11. The van der Waals surface area contributed by atoms with Crippen LogP contribution in [0.5, 0.6) is 0 Å². The molecule has 7 heteroatoms. The molecule has 0 saturated carbocycles. The van der Waals surface area contributed by atoms with Crippen molar-refractivity contribution in [3.8, 4) is 0 Å². The average molecular weight is 426 g/mol. The van der Waals surface area contributed by atoms with Gasteiger partial charge in [0.1, 0.15) is 0 Å². The van der Waals surface area contributed by atoms with Gasteiger partial charge in [-0.2, -0.15) is 5.10 Å². The zero-order valence-corrected chi connectivity index (χ0v) is 17.4. The minimum absolute atomic E-state index is 0.214. The topological polar surface area (TPSA) is 99.7 Å². The molecule has 0 bridgehead atoms. The zero-order valence-electron chi connectivity index (χ0n) is 17.4. The molecule has 3 N–H and O–H groups in total. The van der Waals surface area contributed by atoms with Crippen LogP contribution in [0.2, 0.25) is 0 Å². The Balaban J connectivity index is 1.61. The first-order valence-electron chi connectivity index (χ1n) is 9.87. The summed E-state index contributed by atoms with van der Waals surface area (Å²) in [4.78, 5) is 37.0. The lowest BCUT2D eigenvalue weighted by atomic mass is 10.1. The van der Waals surface area contributed by atoms with E-state index in [2.05, 4.69) is 21.2 Å². The van der Waals surface area contributed by atoms with Gasteiger partial charge in [-0.25, -0.2) is 5.43 Å². The highest BCUT2D eigenvalue weighted by Crippen LogP contribution is 2.17. The van der Waals surface area contributed by atoms with Gasteiger partial charge in [0.2, 0.25) is 0 Å². The van der Waals surface area contributed by atoms with E-state index in [9.17, 15) is 14.4 Å². The molecule has 3 rings (SSSR count). The smallest absolute Gasteiger partial charge is 0.322 e. The van der Waals surface area contributed by atoms with Crippen molar-refractivity contribution in [2.75, 3.05) is 10.6 Å². The van der Waals surface area contributed by atoms with Gasteiger partial charge in [-0.1, -0.05) is 66.7 Å². The molecule has 3 amide bonds. The van der Waals surface area contributed by atoms with Crippen LogP contribution in [-0.2, 0) is 9.59 Å². The van der Waals surface area contributed by atoms with E-state index in [1.165, 1.54) is 0 Å². The molecule has 32 heavy (non-hydrogen) atoms. The van der Waals surface area contributed by atoms with Gasteiger partial charge >= 0.3 is 11.8 Å². The molecule has 0 aliphatic rings. The number of hydrazone groups is 1. The predicted molar refractivity (Wildman–Crippen MR) is 126 cm³/mol. The van der Waals surface area contributed by atoms with E-state index >= 15 is 0 Å². The van der Waals surface area contributed by atoms with Crippen molar-refractivity contribution in [3.63, 3.8) is 0 Å². The zero-order chi connectivity index (χ0) is 22.8. The number of anilines is 2. The van der Waals surface area contributed by atoms with Crippen LogP contribution in [0, 0.1) is 0 Å². The van der Waals surface area contributed by atoms with E-state index in [-0.39, 0.29) is 11.3 Å². The van der Waals surface area contributed by atoms with E-state index < -0.39 is 17.7 Å². The fraction of sp³-hybridized carbons (Fsp3) is 0.0400. The molecule has 0 aliphatic heterocycles. The number of allylic oxidation sites excluding steroid dienone is 1. The van der Waals surface area contributed by atoms with Gasteiger partial charge in [-0.15, -0.1) is 0 Å². The van der Waals surface area contributed by atoms with Gasteiger partial charge in [-0.3, -0.25) is 14.4 Å². The molecule has 3 aromatic carbocycles. The second-order valence-corrected chi connectivity index (χ2v) is 6.76. The highest BCUT2D eigenvalue weighted by molar-refractivity contribution is 6.40. The first-order valence-corrected chi connectivity index (χ1v) is 9.87. The van der Waals surface area contributed by atoms with Crippen LogP contribution in [-0.4, -0.2) is 23.4 Å². The van der Waals surface area contributed by atoms with E-state index in [0.717, 1.165) is 5.56 Å². The normalized spacial score (nSPS) is 11.1. The molecule has 0 aromatic heterocycles. The third-order valence-corrected chi connectivity index (χ3v) is 4.31. The molecule has 0 spiro atoms. The maximum atomic E-state index is 12.6. The van der Waals surface area contributed by atoms with Crippen molar-refractivity contribution >= 4 is 40.9 Å².